The van der Waals surface area contributed by atoms with Crippen LogP contribution in [0.5, 0.6) is 0 Å². The van der Waals surface area contributed by atoms with Crippen molar-refractivity contribution in [3.63, 3.8) is 0 Å². The highest BCUT2D eigenvalue weighted by Crippen LogP contribution is 2.08. The molecule has 0 aliphatic heterocycles. The Balaban J connectivity index is 4.29. The second-order valence-electron chi connectivity index (χ2n) is 3.33. The van der Waals surface area contributed by atoms with E-state index >= 15 is 0 Å². The number of hydrogen-bond acceptors (Lipinski definition) is 2. The summed E-state index contributed by atoms with van der Waals surface area (Å²) in [5.41, 5.74) is 7.51. The number of nitrogens with two attached hydrogens (primary N) is 1. The first-order chi connectivity index (χ1) is 5.99. The molecule has 3 N–H and O–H groups in total. The highest BCUT2D eigenvalue weighted by Gasteiger charge is 1.96. The van der Waals surface area contributed by atoms with Crippen molar-refractivity contribution >= 4 is 5.71 Å². The third-order valence-corrected chi connectivity index (χ3v) is 1.88. The van der Waals surface area contributed by atoms with Crippen LogP contribution < -0.4 is 5.73 Å². The molecule has 0 aromatic rings. The zero-order chi connectivity index (χ0) is 10.4. The van der Waals surface area contributed by atoms with Crippen LogP contribution in [0.3, 0.4) is 0 Å². The predicted molar refractivity (Wildman–Crippen MR) is 58.8 cm³/mol. The molecule has 2 nitrogen and oxygen atoms in total. The number of hydrogen-bond donors (Lipinski definition) is 2. The molecule has 0 atom stereocenters. The van der Waals surface area contributed by atoms with Gasteiger partial charge in [0.25, 0.3) is 0 Å². The van der Waals surface area contributed by atoms with Crippen LogP contribution >= 0.6 is 0 Å². The Kier molecular flexibility index (Phi) is 4.82. The van der Waals surface area contributed by atoms with Gasteiger partial charge in [0, 0.05) is 0 Å². The lowest BCUT2D eigenvalue weighted by molar-refractivity contribution is 0.795. The van der Waals surface area contributed by atoms with Crippen molar-refractivity contribution in [1.82, 2.24) is 0 Å². The fourth-order valence-electron chi connectivity index (χ4n) is 0.604. The molecule has 0 fully saturated rings. The lowest BCUT2D eigenvalue weighted by Crippen LogP contribution is -1.97. The monoisotopic (exact) mass is 178 g/mol. The Hall–Kier alpha value is -1.31. The molecule has 0 spiro atoms. The Morgan fingerprint density at radius 3 is 2.31 bits per heavy atom. The average molecular weight is 178 g/mol. The molecule has 0 amide bonds. The molecule has 0 heterocycles. The Morgan fingerprint density at radius 2 is 1.92 bits per heavy atom. The van der Waals surface area contributed by atoms with Crippen molar-refractivity contribution in [2.75, 3.05) is 0 Å². The van der Waals surface area contributed by atoms with Gasteiger partial charge < -0.3 is 11.1 Å². The lowest BCUT2D eigenvalue weighted by atomic mass is 10.0. The van der Waals surface area contributed by atoms with Gasteiger partial charge in [0.2, 0.25) is 0 Å². The number of allylic oxidation sites excluding steroid dienone is 4. The topological polar surface area (TPSA) is 49.9 Å². The Bertz CT molecular complexity index is 257. The molecule has 0 saturated carbocycles. The van der Waals surface area contributed by atoms with Crippen molar-refractivity contribution < 1.29 is 0 Å². The van der Waals surface area contributed by atoms with E-state index in [0.29, 0.717) is 11.6 Å². The molecule has 0 aliphatic carbocycles. The summed E-state index contributed by atoms with van der Waals surface area (Å²) in [5.74, 6) is 0.422. The van der Waals surface area contributed by atoms with Gasteiger partial charge in [-0.3, -0.25) is 0 Å². The maximum Gasteiger partial charge on any atom is 0.0583 e. The molecule has 0 radical (unpaired) electrons. The Labute approximate surface area is 80.3 Å². The second-order valence-corrected chi connectivity index (χ2v) is 3.33. The third-order valence-electron chi connectivity index (χ3n) is 1.88. The number of nitrogens with one attached hydrogen (secondary N) is 1. The molecule has 0 aliphatic rings. The van der Waals surface area contributed by atoms with Crippen LogP contribution in [0.15, 0.2) is 36.1 Å². The summed E-state index contributed by atoms with van der Waals surface area (Å²) in [5, 5.41) is 7.55. The molecule has 0 rings (SSSR count). The van der Waals surface area contributed by atoms with E-state index < -0.39 is 0 Å². The Morgan fingerprint density at radius 1 is 1.38 bits per heavy atom. The van der Waals surface area contributed by atoms with Gasteiger partial charge in [0.05, 0.1) is 5.71 Å². The minimum Gasteiger partial charge on any atom is -0.404 e. The van der Waals surface area contributed by atoms with Crippen LogP contribution in [0.4, 0.5) is 0 Å². The van der Waals surface area contributed by atoms with Gasteiger partial charge >= 0.3 is 0 Å². The van der Waals surface area contributed by atoms with Crippen molar-refractivity contribution in [1.29, 1.82) is 5.41 Å². The molecular weight excluding hydrogens is 160 g/mol. The first-order valence-corrected chi connectivity index (χ1v) is 4.33. The summed E-state index contributed by atoms with van der Waals surface area (Å²) in [6.45, 7) is 9.83. The number of rotatable bonds is 4. The van der Waals surface area contributed by atoms with Gasteiger partial charge in [0.1, 0.15) is 0 Å². The van der Waals surface area contributed by atoms with Crippen LogP contribution in [0, 0.1) is 11.3 Å². The van der Waals surface area contributed by atoms with Crippen molar-refractivity contribution in [2.45, 2.75) is 20.8 Å². The minimum atomic E-state index is 0.422. The molecule has 0 unspecified atom stereocenters. The summed E-state index contributed by atoms with van der Waals surface area (Å²) in [7, 11) is 0. The minimum absolute atomic E-state index is 0.422. The highest BCUT2D eigenvalue weighted by molar-refractivity contribution is 6.05. The summed E-state index contributed by atoms with van der Waals surface area (Å²) < 4.78 is 0. The van der Waals surface area contributed by atoms with Gasteiger partial charge in [-0.2, -0.15) is 0 Å². The summed E-state index contributed by atoms with van der Waals surface area (Å²) in [4.78, 5) is 0. The van der Waals surface area contributed by atoms with Crippen molar-refractivity contribution in [2.24, 2.45) is 11.7 Å². The zero-order valence-corrected chi connectivity index (χ0v) is 8.59. The maximum absolute atomic E-state index is 7.55. The quantitative estimate of drug-likeness (QED) is 0.504. The van der Waals surface area contributed by atoms with E-state index in [4.69, 9.17) is 11.1 Å². The van der Waals surface area contributed by atoms with Crippen molar-refractivity contribution in [3.05, 3.63) is 36.1 Å². The summed E-state index contributed by atoms with van der Waals surface area (Å²) >= 11 is 0. The molecule has 13 heavy (non-hydrogen) atoms. The van der Waals surface area contributed by atoms with Crippen LogP contribution in [-0.4, -0.2) is 5.71 Å². The highest BCUT2D eigenvalue weighted by atomic mass is 14.5. The van der Waals surface area contributed by atoms with Crippen LogP contribution in [0.1, 0.15) is 20.8 Å². The third kappa shape index (κ3) is 4.31. The van der Waals surface area contributed by atoms with E-state index in [0.717, 1.165) is 11.1 Å². The van der Waals surface area contributed by atoms with Gasteiger partial charge in [-0.05, 0) is 30.7 Å². The maximum atomic E-state index is 7.55. The van der Waals surface area contributed by atoms with E-state index in [9.17, 15) is 0 Å². The van der Waals surface area contributed by atoms with Crippen LogP contribution in [-0.2, 0) is 0 Å². The van der Waals surface area contributed by atoms with Gasteiger partial charge in [-0.25, -0.2) is 0 Å². The second kappa shape index (κ2) is 5.36. The zero-order valence-electron chi connectivity index (χ0n) is 8.59. The molecular formula is C11H18N2. The van der Waals surface area contributed by atoms with Gasteiger partial charge in [0.15, 0.2) is 0 Å². The lowest BCUT2D eigenvalue weighted by Gasteiger charge is -2.03. The standard InChI is InChI=1S/C11H18N2/c1-8(2)9(3)5-6-11(13)10(4)7-12/h5-8,13H,3,12H2,1-2,4H3/b6-5-,10-7-,13-11?. The molecule has 2 heteroatoms. The first kappa shape index (κ1) is 11.7. The van der Waals surface area contributed by atoms with E-state index in [1.807, 2.05) is 13.0 Å². The summed E-state index contributed by atoms with van der Waals surface area (Å²) in [6, 6.07) is 0. The molecule has 0 aromatic heterocycles. The first-order valence-electron chi connectivity index (χ1n) is 4.33. The van der Waals surface area contributed by atoms with Gasteiger partial charge in [-0.15, -0.1) is 0 Å². The fourth-order valence-corrected chi connectivity index (χ4v) is 0.604. The smallest absolute Gasteiger partial charge is 0.0583 e. The average Bonchev–Trinajstić information content (AvgIpc) is 2.11. The van der Waals surface area contributed by atoms with E-state index in [2.05, 4.69) is 20.4 Å². The normalized spacial score (nSPS) is 12.5. The fraction of sp³-hybridized carbons (Fsp3) is 0.364. The molecule has 0 bridgehead atoms. The van der Waals surface area contributed by atoms with Crippen LogP contribution in [0.2, 0.25) is 0 Å². The predicted octanol–water partition coefficient (Wildman–Crippen LogP) is 2.64. The van der Waals surface area contributed by atoms with Crippen LogP contribution in [0.25, 0.3) is 0 Å². The molecule has 72 valence electrons. The SMILES string of the molecule is C=C(/C=C\C(=N)/C(C)=C\N)C(C)C. The summed E-state index contributed by atoms with van der Waals surface area (Å²) in [6.07, 6.45) is 5.02. The molecule has 0 saturated heterocycles. The molecule has 0 aromatic carbocycles. The van der Waals surface area contributed by atoms with E-state index in [1.54, 1.807) is 6.08 Å². The van der Waals surface area contributed by atoms with Crippen molar-refractivity contribution in [3.8, 4) is 0 Å². The largest absolute Gasteiger partial charge is 0.404 e. The van der Waals surface area contributed by atoms with Gasteiger partial charge in [-0.1, -0.05) is 32.1 Å². The van der Waals surface area contributed by atoms with E-state index in [1.165, 1.54) is 6.20 Å². The van der Waals surface area contributed by atoms with E-state index in [-0.39, 0.29) is 0 Å².